The number of carbonyl (C=O) groups is 2. The van der Waals surface area contributed by atoms with Crippen LogP contribution in [0.25, 0.3) is 0 Å². The molecule has 0 aromatic heterocycles. The lowest BCUT2D eigenvalue weighted by Crippen LogP contribution is -2.36. The smallest absolute Gasteiger partial charge is 0.329 e. The molecular weight excluding hydrogens is 754 g/mol. The lowest BCUT2D eigenvalue weighted by Gasteiger charge is -2.15. The minimum atomic E-state index is -0.909. The van der Waals surface area contributed by atoms with Crippen LogP contribution in [0.15, 0.2) is 97.1 Å². The van der Waals surface area contributed by atoms with Gasteiger partial charge < -0.3 is 24.4 Å². The first-order valence-corrected chi connectivity index (χ1v) is 14.6. The number of ether oxygens (including phenoxy) is 3. The minimum Gasteiger partial charge on any atom is -0.508 e. The van der Waals surface area contributed by atoms with Crippen LogP contribution in [0.5, 0.6) is 34.5 Å². The highest BCUT2D eigenvalue weighted by Crippen LogP contribution is 2.26. The predicted molar refractivity (Wildman–Crippen MR) is 170 cm³/mol. The number of benzene rings is 4. The molecule has 0 saturated heterocycles. The average molecular weight is 780 g/mol. The van der Waals surface area contributed by atoms with E-state index in [-0.39, 0.29) is 5.75 Å². The summed E-state index contributed by atoms with van der Waals surface area (Å²) >= 11 is 3.78. The number of carboxylic acid groups (broad SMARTS) is 1. The minimum absolute atomic E-state index is 0.169. The molecule has 2 atom stereocenters. The van der Waals surface area contributed by atoms with Gasteiger partial charge in [0.2, 0.25) is 0 Å². The van der Waals surface area contributed by atoms with Gasteiger partial charge in [-0.1, -0.05) is 24.3 Å². The van der Waals surface area contributed by atoms with Gasteiger partial charge >= 0.3 is 11.9 Å². The topological polar surface area (TPSA) is 126 Å². The maximum absolute atomic E-state index is 12.8. The van der Waals surface area contributed by atoms with Gasteiger partial charge in [-0.25, -0.2) is 11.9 Å². The monoisotopic (exact) mass is 780 g/mol. The molecule has 0 bridgehead atoms. The van der Waals surface area contributed by atoms with E-state index in [1.807, 2.05) is 82.1 Å². The Hall–Kier alpha value is -3.40. The highest BCUT2D eigenvalue weighted by molar-refractivity contribution is 14.1. The van der Waals surface area contributed by atoms with Crippen LogP contribution in [-0.4, -0.2) is 34.2 Å². The van der Waals surface area contributed by atoms with Gasteiger partial charge in [0, 0.05) is 45.7 Å². The third-order valence-corrected chi connectivity index (χ3v) is 7.43. The van der Waals surface area contributed by atoms with Gasteiger partial charge in [0.05, 0.1) is 0 Å². The molecule has 4 aromatic carbocycles. The summed E-state index contributed by atoms with van der Waals surface area (Å²) in [4.78, 5) is 24.0. The van der Waals surface area contributed by atoms with E-state index >= 15 is 0 Å². The number of carbonyl (C=O) groups excluding carboxylic acids is 1. The second-order valence-corrected chi connectivity index (χ2v) is 10.2. The number of phenolic OH excluding ortho intramolecular Hbond substituents is 1. The van der Waals surface area contributed by atoms with Gasteiger partial charge in [0.15, 0.2) is 0 Å². The Kier molecular flexibility index (Phi) is 11.2. The molecule has 9 nitrogen and oxygen atoms in total. The Balaban J connectivity index is 1.28. The van der Waals surface area contributed by atoms with Crippen LogP contribution in [0.3, 0.4) is 0 Å². The highest BCUT2D eigenvalue weighted by atomic mass is 127. The summed E-state index contributed by atoms with van der Waals surface area (Å²) in [5, 5.41) is 18.6. The fraction of sp³-hybridized carbons (Fsp3) is 0.133. The van der Waals surface area contributed by atoms with E-state index in [4.69, 9.17) is 14.2 Å². The molecule has 0 unspecified atom stereocenters. The van der Waals surface area contributed by atoms with Gasteiger partial charge in [-0.05, 0) is 96.8 Å². The van der Waals surface area contributed by atoms with Crippen LogP contribution in [-0.2, 0) is 22.4 Å². The van der Waals surface area contributed by atoms with Gasteiger partial charge in [-0.15, -0.1) is 0 Å². The molecule has 212 valence electrons. The lowest BCUT2D eigenvalue weighted by atomic mass is 10.1. The molecule has 0 aliphatic heterocycles. The lowest BCUT2D eigenvalue weighted by molar-refractivity contribution is -0.139. The van der Waals surface area contributed by atoms with Crippen LogP contribution in [0, 0.1) is 0 Å². The number of halogens is 2. The Labute approximate surface area is 264 Å². The van der Waals surface area contributed by atoms with Crippen LogP contribution in [0.4, 0.5) is 0 Å². The summed E-state index contributed by atoms with van der Waals surface area (Å²) < 4.78 is 22.9. The quantitative estimate of drug-likeness (QED) is 0.0531. The van der Waals surface area contributed by atoms with Crippen LogP contribution >= 0.6 is 45.7 Å². The van der Waals surface area contributed by atoms with Crippen molar-refractivity contribution >= 4 is 57.7 Å². The predicted octanol–water partition coefficient (Wildman–Crippen LogP) is 6.37. The summed E-state index contributed by atoms with van der Waals surface area (Å²) in [7, 11) is 0. The average Bonchev–Trinajstić information content (AvgIpc) is 2.98. The van der Waals surface area contributed by atoms with Gasteiger partial charge in [0.1, 0.15) is 46.6 Å². The molecule has 0 saturated carbocycles. The molecule has 0 aliphatic carbocycles. The molecule has 4 aromatic rings. The number of aliphatic carboxylic acids is 1. The van der Waals surface area contributed by atoms with Crippen molar-refractivity contribution in [2.24, 2.45) is 0 Å². The second-order valence-electron chi connectivity index (χ2n) is 8.95. The molecule has 11 heteroatoms. The van der Waals surface area contributed by atoms with E-state index in [0.717, 1.165) is 11.1 Å². The van der Waals surface area contributed by atoms with Crippen molar-refractivity contribution in [2.75, 3.05) is 0 Å². The van der Waals surface area contributed by atoms with Crippen LogP contribution in [0.1, 0.15) is 11.1 Å². The van der Waals surface area contributed by atoms with Crippen molar-refractivity contribution < 1.29 is 34.0 Å². The van der Waals surface area contributed by atoms with Crippen molar-refractivity contribution in [3.8, 4) is 34.5 Å². The maximum Gasteiger partial charge on any atom is 0.329 e. The normalized spacial score (nSPS) is 12.2. The third-order valence-electron chi connectivity index (χ3n) is 5.92. The number of rotatable bonds is 13. The Morgan fingerprint density at radius 2 is 0.976 bits per heavy atom. The number of esters is 1. The van der Waals surface area contributed by atoms with Crippen LogP contribution in [0.2, 0.25) is 0 Å². The fourth-order valence-electron chi connectivity index (χ4n) is 3.75. The maximum atomic E-state index is 12.8. The first-order valence-electron chi connectivity index (χ1n) is 12.4. The number of hydrogen-bond donors (Lipinski definition) is 4. The second kappa shape index (κ2) is 15.0. The largest absolute Gasteiger partial charge is 0.508 e. The summed E-state index contributed by atoms with van der Waals surface area (Å²) in [5.74, 6) is 1.63. The van der Waals surface area contributed by atoms with Crippen molar-refractivity contribution in [1.82, 2.24) is 7.06 Å². The fourth-order valence-corrected chi connectivity index (χ4v) is 4.71. The summed E-state index contributed by atoms with van der Waals surface area (Å²) in [6, 6.07) is 26.5. The molecule has 0 heterocycles. The molecule has 0 aliphatic rings. The molecule has 0 fully saturated rings. The van der Waals surface area contributed by atoms with Crippen LogP contribution < -0.4 is 21.3 Å². The van der Waals surface area contributed by atoms with Gasteiger partial charge in [0.25, 0.3) is 0 Å². The highest BCUT2D eigenvalue weighted by Gasteiger charge is 2.20. The SMILES string of the molecule is O=C(O)[C@H](Cc1ccc(Oc2ccc(OC(=O)[C@H](Cc3ccc(Oc4ccc(O)cc4)cc3)NI)cc2)cc1)NI. The molecule has 0 radical (unpaired) electrons. The van der Waals surface area contributed by atoms with Crippen molar-refractivity contribution in [3.63, 3.8) is 0 Å². The number of nitrogens with one attached hydrogen (secondary N) is 2. The number of carboxylic acids is 1. The van der Waals surface area contributed by atoms with E-state index in [1.54, 1.807) is 60.7 Å². The van der Waals surface area contributed by atoms with Gasteiger partial charge in [-0.2, -0.15) is 0 Å². The molecular formula is C30H26I2N2O7. The number of aromatic hydroxyl groups is 1. The molecule has 0 spiro atoms. The van der Waals surface area contributed by atoms with E-state index in [1.165, 1.54) is 0 Å². The Morgan fingerprint density at radius 1 is 0.610 bits per heavy atom. The van der Waals surface area contributed by atoms with Gasteiger partial charge in [-0.3, -0.25) is 4.79 Å². The van der Waals surface area contributed by atoms with E-state index < -0.39 is 24.0 Å². The summed E-state index contributed by atoms with van der Waals surface area (Å²) in [5.41, 5.74) is 1.79. The number of hydrogen-bond acceptors (Lipinski definition) is 8. The van der Waals surface area contributed by atoms with E-state index in [2.05, 4.69) is 7.06 Å². The van der Waals surface area contributed by atoms with Crippen molar-refractivity contribution in [2.45, 2.75) is 24.9 Å². The first kappa shape index (κ1) is 30.6. The molecule has 4 rings (SSSR count). The molecule has 4 N–H and O–H groups in total. The first-order chi connectivity index (χ1) is 19.8. The Bertz CT molecular complexity index is 1430. The van der Waals surface area contributed by atoms with Crippen molar-refractivity contribution in [3.05, 3.63) is 108 Å². The number of phenols is 1. The Morgan fingerprint density at radius 3 is 1.39 bits per heavy atom. The zero-order valence-corrected chi connectivity index (χ0v) is 25.8. The third kappa shape index (κ3) is 9.31. The zero-order chi connectivity index (χ0) is 29.2. The molecule has 41 heavy (non-hydrogen) atoms. The van der Waals surface area contributed by atoms with E-state index in [9.17, 15) is 19.8 Å². The summed E-state index contributed by atoms with van der Waals surface area (Å²) in [6.07, 6.45) is 0.770. The zero-order valence-electron chi connectivity index (χ0n) is 21.5. The molecule has 0 amide bonds. The van der Waals surface area contributed by atoms with E-state index in [0.29, 0.717) is 41.6 Å². The summed E-state index contributed by atoms with van der Waals surface area (Å²) in [6.45, 7) is 0. The standard InChI is InChI=1S/C30H26I2N2O7/c31-33-27(29(36)37)17-19-1-7-23(8-2-19)40-25-13-15-26(16-14-25)41-30(38)28(34-32)18-20-3-9-22(10-4-20)39-24-11-5-21(35)6-12-24/h1-16,27-28,33-35H,17-18H2,(H,36,37)/t27-,28-/m0/s1. The van der Waals surface area contributed by atoms with Crippen molar-refractivity contribution in [1.29, 1.82) is 0 Å².